The summed E-state index contributed by atoms with van der Waals surface area (Å²) in [6.07, 6.45) is -0.510. The normalized spacial score (nSPS) is 15.0. The maximum absolute atomic E-state index is 11.5. The third-order valence-electron chi connectivity index (χ3n) is 3.21. The van der Waals surface area contributed by atoms with Gasteiger partial charge in [0.1, 0.15) is 0 Å². The molecular formula is C14H17NO4. The number of hydrogen-bond donors (Lipinski definition) is 1. The Kier molecular flexibility index (Phi) is 3.85. The van der Waals surface area contributed by atoms with Crippen molar-refractivity contribution in [2.45, 2.75) is 26.4 Å². The lowest BCUT2D eigenvalue weighted by molar-refractivity contribution is -0.153. The lowest BCUT2D eigenvalue weighted by Crippen LogP contribution is -2.26. The molecular weight excluding hydrogens is 246 g/mol. The highest BCUT2D eigenvalue weighted by Crippen LogP contribution is 2.31. The van der Waals surface area contributed by atoms with E-state index in [2.05, 4.69) is 0 Å². The first-order chi connectivity index (χ1) is 9.04. The van der Waals surface area contributed by atoms with Crippen LogP contribution in [-0.2, 0) is 20.7 Å². The van der Waals surface area contributed by atoms with Gasteiger partial charge in [-0.3, -0.25) is 4.79 Å². The third kappa shape index (κ3) is 2.61. The number of ether oxygens (including phenoxy) is 1. The van der Waals surface area contributed by atoms with Gasteiger partial charge in [-0.2, -0.15) is 0 Å². The largest absolute Gasteiger partial charge is 0.464 e. The van der Waals surface area contributed by atoms with Crippen LogP contribution in [0, 0.1) is 0 Å². The highest BCUT2D eigenvalue weighted by molar-refractivity contribution is 5.94. The van der Waals surface area contributed by atoms with Crippen molar-refractivity contribution < 1.29 is 19.4 Å². The summed E-state index contributed by atoms with van der Waals surface area (Å²) in [7, 11) is 0. The Morgan fingerprint density at radius 2 is 2.21 bits per heavy atom. The van der Waals surface area contributed by atoms with Gasteiger partial charge in [-0.05, 0) is 30.5 Å². The van der Waals surface area contributed by atoms with E-state index in [1.807, 2.05) is 6.07 Å². The highest BCUT2D eigenvalue weighted by Gasteiger charge is 2.25. The predicted octanol–water partition coefficient (Wildman–Crippen LogP) is 1.19. The zero-order valence-electron chi connectivity index (χ0n) is 11.0. The fourth-order valence-corrected chi connectivity index (χ4v) is 2.25. The summed E-state index contributed by atoms with van der Waals surface area (Å²) in [5.41, 5.74) is 2.27. The van der Waals surface area contributed by atoms with Crippen molar-refractivity contribution in [1.82, 2.24) is 0 Å². The topological polar surface area (TPSA) is 66.8 Å². The van der Waals surface area contributed by atoms with Crippen LogP contribution in [0.1, 0.15) is 31.1 Å². The van der Waals surface area contributed by atoms with E-state index in [1.54, 1.807) is 24.0 Å². The number of benzene rings is 1. The second-order valence-corrected chi connectivity index (χ2v) is 4.46. The van der Waals surface area contributed by atoms with Crippen molar-refractivity contribution in [1.29, 1.82) is 0 Å². The standard InChI is InChI=1S/C14H17NO4/c1-3-19-14(18)13(17)11-5-4-10-6-7-15(9(2)16)12(10)8-11/h4-5,8,13,17H,3,6-7H2,1-2H3. The molecule has 1 amide bonds. The van der Waals surface area contributed by atoms with Crippen LogP contribution in [0.25, 0.3) is 0 Å². The molecule has 1 aliphatic heterocycles. The summed E-state index contributed by atoms with van der Waals surface area (Å²) in [4.78, 5) is 24.7. The molecule has 5 heteroatoms. The van der Waals surface area contributed by atoms with Crippen LogP contribution >= 0.6 is 0 Å². The Morgan fingerprint density at radius 1 is 1.47 bits per heavy atom. The second kappa shape index (κ2) is 5.40. The van der Waals surface area contributed by atoms with E-state index < -0.39 is 12.1 Å². The van der Waals surface area contributed by atoms with Crippen molar-refractivity contribution in [3.8, 4) is 0 Å². The summed E-state index contributed by atoms with van der Waals surface area (Å²) in [6, 6.07) is 5.23. The van der Waals surface area contributed by atoms with Gasteiger partial charge in [0.05, 0.1) is 6.61 Å². The van der Waals surface area contributed by atoms with E-state index in [9.17, 15) is 14.7 Å². The molecule has 5 nitrogen and oxygen atoms in total. The summed E-state index contributed by atoms with van der Waals surface area (Å²) in [5.74, 6) is -0.712. The van der Waals surface area contributed by atoms with Crippen LogP contribution in [0.15, 0.2) is 18.2 Å². The van der Waals surface area contributed by atoms with Crippen molar-refractivity contribution in [2.75, 3.05) is 18.1 Å². The van der Waals surface area contributed by atoms with Crippen molar-refractivity contribution >= 4 is 17.6 Å². The minimum absolute atomic E-state index is 0.0403. The molecule has 1 aliphatic rings. The molecule has 1 unspecified atom stereocenters. The van der Waals surface area contributed by atoms with Gasteiger partial charge in [-0.1, -0.05) is 12.1 Å². The molecule has 1 aromatic carbocycles. The molecule has 0 aromatic heterocycles. The van der Waals surface area contributed by atoms with Crippen molar-refractivity contribution in [3.05, 3.63) is 29.3 Å². The van der Waals surface area contributed by atoms with Gasteiger partial charge in [-0.15, -0.1) is 0 Å². The smallest absolute Gasteiger partial charge is 0.339 e. The van der Waals surface area contributed by atoms with E-state index >= 15 is 0 Å². The number of fused-ring (bicyclic) bond motifs is 1. The van der Waals surface area contributed by atoms with E-state index in [0.29, 0.717) is 12.1 Å². The van der Waals surface area contributed by atoms with Gasteiger partial charge >= 0.3 is 5.97 Å². The molecule has 0 bridgehead atoms. The Morgan fingerprint density at radius 3 is 2.84 bits per heavy atom. The Hall–Kier alpha value is -1.88. The molecule has 0 spiro atoms. The average molecular weight is 263 g/mol. The summed E-state index contributed by atoms with van der Waals surface area (Å²) in [5, 5.41) is 9.90. The minimum Gasteiger partial charge on any atom is -0.464 e. The third-order valence-corrected chi connectivity index (χ3v) is 3.21. The number of carbonyl (C=O) groups excluding carboxylic acids is 2. The lowest BCUT2D eigenvalue weighted by Gasteiger charge is -2.17. The van der Waals surface area contributed by atoms with Gasteiger partial charge in [0.25, 0.3) is 0 Å². The van der Waals surface area contributed by atoms with E-state index in [1.165, 1.54) is 6.92 Å². The second-order valence-electron chi connectivity index (χ2n) is 4.46. The maximum atomic E-state index is 11.5. The first-order valence-electron chi connectivity index (χ1n) is 6.30. The van der Waals surface area contributed by atoms with Crippen molar-refractivity contribution in [2.24, 2.45) is 0 Å². The van der Waals surface area contributed by atoms with Crippen molar-refractivity contribution in [3.63, 3.8) is 0 Å². The lowest BCUT2D eigenvalue weighted by atomic mass is 10.0. The van der Waals surface area contributed by atoms with E-state index in [-0.39, 0.29) is 12.5 Å². The van der Waals surface area contributed by atoms with Gasteiger partial charge in [0, 0.05) is 19.2 Å². The maximum Gasteiger partial charge on any atom is 0.339 e. The fraction of sp³-hybridized carbons (Fsp3) is 0.429. The number of aliphatic hydroxyl groups is 1. The van der Waals surface area contributed by atoms with Crippen LogP contribution in [0.2, 0.25) is 0 Å². The molecule has 19 heavy (non-hydrogen) atoms. The first-order valence-corrected chi connectivity index (χ1v) is 6.30. The summed E-state index contributed by atoms with van der Waals surface area (Å²) >= 11 is 0. The number of amides is 1. The summed E-state index contributed by atoms with van der Waals surface area (Å²) < 4.78 is 4.78. The molecule has 0 aliphatic carbocycles. The molecule has 1 atom stereocenters. The van der Waals surface area contributed by atoms with Gasteiger partial charge in [0.15, 0.2) is 6.10 Å². The fourth-order valence-electron chi connectivity index (χ4n) is 2.25. The first kappa shape index (κ1) is 13.5. The number of nitrogens with zero attached hydrogens (tertiary/aromatic N) is 1. The van der Waals surface area contributed by atoms with E-state index in [0.717, 1.165) is 17.7 Å². The zero-order chi connectivity index (χ0) is 14.0. The molecule has 0 radical (unpaired) electrons. The van der Waals surface area contributed by atoms with Crippen LogP contribution in [0.3, 0.4) is 0 Å². The minimum atomic E-state index is -1.31. The quantitative estimate of drug-likeness (QED) is 0.832. The Balaban J connectivity index is 2.28. The molecule has 2 rings (SSSR count). The van der Waals surface area contributed by atoms with Gasteiger partial charge in [-0.25, -0.2) is 4.79 Å². The number of hydrogen-bond acceptors (Lipinski definition) is 4. The molecule has 0 saturated carbocycles. The van der Waals surface area contributed by atoms with Crippen LogP contribution < -0.4 is 4.90 Å². The average Bonchev–Trinajstić information content (AvgIpc) is 2.80. The summed E-state index contributed by atoms with van der Waals surface area (Å²) in [6.45, 7) is 4.05. The van der Waals surface area contributed by atoms with Crippen LogP contribution in [0.4, 0.5) is 5.69 Å². The number of rotatable bonds is 3. The molecule has 0 fully saturated rings. The van der Waals surface area contributed by atoms with Crippen LogP contribution in [-0.4, -0.2) is 30.1 Å². The number of anilines is 1. The number of esters is 1. The number of aliphatic hydroxyl groups excluding tert-OH is 1. The molecule has 0 saturated heterocycles. The SMILES string of the molecule is CCOC(=O)C(O)c1ccc2c(c1)N(C(C)=O)CC2. The molecule has 102 valence electrons. The number of carbonyl (C=O) groups is 2. The molecule has 1 N–H and O–H groups in total. The highest BCUT2D eigenvalue weighted by atomic mass is 16.5. The predicted molar refractivity (Wildman–Crippen MR) is 69.8 cm³/mol. The molecule has 1 heterocycles. The van der Waals surface area contributed by atoms with E-state index in [4.69, 9.17) is 4.74 Å². The molecule has 1 aromatic rings. The van der Waals surface area contributed by atoms with Crippen LogP contribution in [0.5, 0.6) is 0 Å². The Bertz CT molecular complexity index is 512. The van der Waals surface area contributed by atoms with Gasteiger partial charge < -0.3 is 14.7 Å². The Labute approximate surface area is 111 Å². The zero-order valence-corrected chi connectivity index (χ0v) is 11.0. The monoisotopic (exact) mass is 263 g/mol. The van der Waals surface area contributed by atoms with Gasteiger partial charge in [0.2, 0.25) is 5.91 Å².